The first-order chi connectivity index (χ1) is 12.6. The van der Waals surface area contributed by atoms with Crippen molar-refractivity contribution < 1.29 is 0 Å². The fourth-order valence-corrected chi connectivity index (χ4v) is 3.19. The fraction of sp³-hybridized carbons (Fsp3) is 0.100. The lowest BCUT2D eigenvalue weighted by Crippen LogP contribution is -2.16. The van der Waals surface area contributed by atoms with Crippen molar-refractivity contribution in [3.63, 3.8) is 0 Å². The van der Waals surface area contributed by atoms with Crippen molar-refractivity contribution in [2.75, 3.05) is 12.3 Å². The molecule has 2 heterocycles. The van der Waals surface area contributed by atoms with E-state index in [0.29, 0.717) is 17.2 Å². The molecule has 0 aliphatic heterocycles. The molecule has 0 spiro atoms. The number of nitrogen functional groups attached to an aromatic ring is 1. The molecule has 6 heteroatoms. The monoisotopic (exact) mass is 363 g/mol. The molecule has 0 aliphatic rings. The molecule has 4 aromatic rings. The van der Waals surface area contributed by atoms with E-state index in [0.717, 1.165) is 34.7 Å². The zero-order chi connectivity index (χ0) is 18.1. The predicted octanol–water partition coefficient (Wildman–Crippen LogP) is 3.92. The van der Waals surface area contributed by atoms with Crippen LogP contribution >= 0.6 is 11.6 Å². The van der Waals surface area contributed by atoms with E-state index in [1.807, 2.05) is 53.1 Å². The molecule has 0 saturated carbocycles. The van der Waals surface area contributed by atoms with Gasteiger partial charge in [0.25, 0.3) is 0 Å². The van der Waals surface area contributed by atoms with Gasteiger partial charge in [0.15, 0.2) is 11.5 Å². The summed E-state index contributed by atoms with van der Waals surface area (Å²) in [5.74, 6) is 0.386. The first-order valence-electron chi connectivity index (χ1n) is 8.33. The highest BCUT2D eigenvalue weighted by Crippen LogP contribution is 2.21. The largest absolute Gasteiger partial charge is 0.383 e. The molecule has 0 unspecified atom stereocenters. The van der Waals surface area contributed by atoms with Gasteiger partial charge in [0.2, 0.25) is 0 Å². The van der Waals surface area contributed by atoms with Crippen LogP contribution in [0.2, 0.25) is 5.02 Å². The first-order valence-corrected chi connectivity index (χ1v) is 8.70. The third kappa shape index (κ3) is 3.09. The van der Waals surface area contributed by atoms with Gasteiger partial charge in [-0.2, -0.15) is 0 Å². The number of aromatic nitrogens is 3. The highest BCUT2D eigenvalue weighted by molar-refractivity contribution is 6.30. The van der Waals surface area contributed by atoms with Gasteiger partial charge >= 0.3 is 0 Å². The molecule has 0 saturated heterocycles. The minimum Gasteiger partial charge on any atom is -0.383 e. The Bertz CT molecular complexity index is 1120. The Morgan fingerprint density at radius 2 is 2.00 bits per heavy atom. The van der Waals surface area contributed by atoms with E-state index in [9.17, 15) is 0 Å². The standard InChI is InChI=1S/C20H18ClN5/c1-13(23-10-9-14-5-4-6-15(21)11-14)17-12-26-18-8-3-2-7-16(18)25-20(26)19(22)24-17/h2-8,11-12,23H,1,9-10H2,(H2,22,24). The lowest BCUT2D eigenvalue weighted by Gasteiger charge is -2.11. The number of hydrogen-bond donors (Lipinski definition) is 2. The second-order valence-electron chi connectivity index (χ2n) is 6.09. The van der Waals surface area contributed by atoms with Crippen LogP contribution in [0.1, 0.15) is 11.3 Å². The second kappa shape index (κ2) is 6.69. The Kier molecular flexibility index (Phi) is 4.22. The Morgan fingerprint density at radius 3 is 2.85 bits per heavy atom. The molecule has 26 heavy (non-hydrogen) atoms. The van der Waals surface area contributed by atoms with Crippen LogP contribution in [0.4, 0.5) is 5.82 Å². The van der Waals surface area contributed by atoms with Gasteiger partial charge in [-0.3, -0.25) is 4.40 Å². The topological polar surface area (TPSA) is 68.2 Å². The molecular weight excluding hydrogens is 346 g/mol. The van der Waals surface area contributed by atoms with Crippen molar-refractivity contribution in [3.8, 4) is 0 Å². The Labute approximate surface area is 156 Å². The number of nitrogens with two attached hydrogens (primary N) is 1. The summed E-state index contributed by atoms with van der Waals surface area (Å²) in [5, 5.41) is 4.05. The molecule has 0 amide bonds. The van der Waals surface area contributed by atoms with Crippen LogP contribution < -0.4 is 11.1 Å². The molecule has 0 radical (unpaired) electrons. The summed E-state index contributed by atoms with van der Waals surface area (Å²) in [7, 11) is 0. The molecule has 0 bridgehead atoms. The summed E-state index contributed by atoms with van der Waals surface area (Å²) >= 11 is 6.02. The van der Waals surface area contributed by atoms with Crippen LogP contribution in [0.25, 0.3) is 22.4 Å². The number of fused-ring (bicyclic) bond motifs is 3. The summed E-state index contributed by atoms with van der Waals surface area (Å²) in [6.45, 7) is 4.82. The summed E-state index contributed by atoms with van der Waals surface area (Å²) in [6.07, 6.45) is 2.75. The summed E-state index contributed by atoms with van der Waals surface area (Å²) < 4.78 is 1.96. The number of imidazole rings is 1. The van der Waals surface area contributed by atoms with E-state index in [1.54, 1.807) is 0 Å². The number of nitrogens with zero attached hydrogens (tertiary/aromatic N) is 3. The van der Waals surface area contributed by atoms with Crippen molar-refractivity contribution in [1.82, 2.24) is 19.7 Å². The molecule has 2 aromatic carbocycles. The molecule has 2 aromatic heterocycles. The van der Waals surface area contributed by atoms with Gasteiger partial charge in [-0.25, -0.2) is 9.97 Å². The third-order valence-corrected chi connectivity index (χ3v) is 4.50. The number of nitrogens with one attached hydrogen (secondary N) is 1. The number of halogens is 1. The van der Waals surface area contributed by atoms with Crippen LogP contribution in [0.15, 0.2) is 61.3 Å². The van der Waals surface area contributed by atoms with Crippen molar-refractivity contribution in [1.29, 1.82) is 0 Å². The molecule has 5 nitrogen and oxygen atoms in total. The zero-order valence-electron chi connectivity index (χ0n) is 14.1. The highest BCUT2D eigenvalue weighted by Gasteiger charge is 2.11. The molecule has 130 valence electrons. The highest BCUT2D eigenvalue weighted by atomic mass is 35.5. The maximum atomic E-state index is 6.12. The van der Waals surface area contributed by atoms with Crippen molar-refractivity contribution >= 4 is 39.8 Å². The van der Waals surface area contributed by atoms with E-state index in [4.69, 9.17) is 17.3 Å². The van der Waals surface area contributed by atoms with Gasteiger partial charge in [-0.05, 0) is 36.2 Å². The van der Waals surface area contributed by atoms with E-state index in [2.05, 4.69) is 27.9 Å². The van der Waals surface area contributed by atoms with Crippen LogP contribution in [0, 0.1) is 0 Å². The van der Waals surface area contributed by atoms with E-state index in [1.165, 1.54) is 5.56 Å². The van der Waals surface area contributed by atoms with Gasteiger partial charge in [0.1, 0.15) is 5.69 Å². The lowest BCUT2D eigenvalue weighted by atomic mass is 10.1. The summed E-state index contributed by atoms with van der Waals surface area (Å²) in [5.41, 5.74) is 11.2. The number of rotatable bonds is 5. The molecule has 4 rings (SSSR count). The van der Waals surface area contributed by atoms with Gasteiger partial charge in [-0.15, -0.1) is 0 Å². The number of anilines is 1. The van der Waals surface area contributed by atoms with E-state index in [-0.39, 0.29) is 0 Å². The van der Waals surface area contributed by atoms with Crippen LogP contribution in [-0.2, 0) is 6.42 Å². The minimum absolute atomic E-state index is 0.386. The van der Waals surface area contributed by atoms with Gasteiger partial charge in [0.05, 0.1) is 16.7 Å². The van der Waals surface area contributed by atoms with Gasteiger partial charge < -0.3 is 11.1 Å². The van der Waals surface area contributed by atoms with Crippen molar-refractivity contribution in [3.05, 3.63) is 77.6 Å². The van der Waals surface area contributed by atoms with Crippen molar-refractivity contribution in [2.45, 2.75) is 6.42 Å². The van der Waals surface area contributed by atoms with Crippen LogP contribution in [0.3, 0.4) is 0 Å². The Morgan fingerprint density at radius 1 is 1.15 bits per heavy atom. The van der Waals surface area contributed by atoms with E-state index < -0.39 is 0 Å². The van der Waals surface area contributed by atoms with Crippen LogP contribution in [0.5, 0.6) is 0 Å². The predicted molar refractivity (Wildman–Crippen MR) is 107 cm³/mol. The Hall–Kier alpha value is -3.05. The fourth-order valence-electron chi connectivity index (χ4n) is 2.97. The molecular formula is C20H18ClN5. The third-order valence-electron chi connectivity index (χ3n) is 4.27. The molecule has 0 fully saturated rings. The van der Waals surface area contributed by atoms with Crippen molar-refractivity contribution in [2.24, 2.45) is 0 Å². The summed E-state index contributed by atoms with van der Waals surface area (Å²) in [6, 6.07) is 15.7. The normalized spacial score (nSPS) is 11.1. The van der Waals surface area contributed by atoms with Gasteiger partial charge in [0, 0.05) is 17.8 Å². The maximum Gasteiger partial charge on any atom is 0.180 e. The van der Waals surface area contributed by atoms with Gasteiger partial charge in [-0.1, -0.05) is 42.4 Å². The number of para-hydroxylation sites is 2. The Balaban J connectivity index is 1.55. The lowest BCUT2D eigenvalue weighted by molar-refractivity contribution is 0.843. The maximum absolute atomic E-state index is 6.12. The number of hydrogen-bond acceptors (Lipinski definition) is 4. The second-order valence-corrected chi connectivity index (χ2v) is 6.53. The van der Waals surface area contributed by atoms with Crippen LogP contribution in [-0.4, -0.2) is 20.9 Å². The average molecular weight is 364 g/mol. The minimum atomic E-state index is 0.386. The zero-order valence-corrected chi connectivity index (χ0v) is 14.9. The smallest absolute Gasteiger partial charge is 0.180 e. The van der Waals surface area contributed by atoms with E-state index >= 15 is 0 Å². The summed E-state index contributed by atoms with van der Waals surface area (Å²) in [4.78, 5) is 8.99. The molecule has 3 N–H and O–H groups in total. The quantitative estimate of drug-likeness (QED) is 0.564. The first kappa shape index (κ1) is 16.4. The number of benzene rings is 2. The molecule has 0 atom stereocenters. The molecule has 0 aliphatic carbocycles. The average Bonchev–Trinajstić information content (AvgIpc) is 3.01. The SMILES string of the molecule is C=C(NCCc1cccc(Cl)c1)c1cn2c(nc3ccccc32)c(N)n1.